The van der Waals surface area contributed by atoms with Gasteiger partial charge in [0.05, 0.1) is 13.5 Å². The summed E-state index contributed by atoms with van der Waals surface area (Å²) in [5.41, 5.74) is 0.907. The van der Waals surface area contributed by atoms with Crippen molar-refractivity contribution < 1.29 is 23.9 Å². The summed E-state index contributed by atoms with van der Waals surface area (Å²) >= 11 is 0. The number of nitrogens with one attached hydrogen (secondary N) is 1. The highest BCUT2D eigenvalue weighted by Gasteiger charge is 2.17. The predicted octanol–water partition coefficient (Wildman–Crippen LogP) is 1.61. The van der Waals surface area contributed by atoms with E-state index in [1.807, 2.05) is 12.1 Å². The van der Waals surface area contributed by atoms with E-state index in [1.54, 1.807) is 19.2 Å². The van der Waals surface area contributed by atoms with Gasteiger partial charge in [0.1, 0.15) is 11.5 Å². The summed E-state index contributed by atoms with van der Waals surface area (Å²) in [4.78, 5) is 34.0. The van der Waals surface area contributed by atoms with Gasteiger partial charge in [-0.05, 0) is 31.5 Å². The minimum absolute atomic E-state index is 0.00850. The zero-order valence-electron chi connectivity index (χ0n) is 13.0. The third kappa shape index (κ3) is 6.39. The van der Waals surface area contributed by atoms with Gasteiger partial charge in [0, 0.05) is 13.0 Å². The van der Waals surface area contributed by atoms with Crippen LogP contribution in [0.2, 0.25) is 0 Å². The fourth-order valence-corrected chi connectivity index (χ4v) is 1.66. The molecule has 1 atom stereocenters. The number of hydrogen-bond donors (Lipinski definition) is 1. The van der Waals surface area contributed by atoms with Crippen LogP contribution >= 0.6 is 0 Å². The molecule has 6 heteroatoms. The molecule has 0 heterocycles. The molecular weight excluding hydrogens is 286 g/mol. The molecule has 0 aromatic heterocycles. The van der Waals surface area contributed by atoms with Crippen LogP contribution in [0.5, 0.6) is 5.75 Å². The predicted molar refractivity (Wildman–Crippen MR) is 80.3 cm³/mol. The van der Waals surface area contributed by atoms with E-state index in [1.165, 1.54) is 13.8 Å². The molecule has 1 N–H and O–H groups in total. The van der Waals surface area contributed by atoms with Crippen LogP contribution < -0.4 is 10.1 Å². The molecule has 120 valence electrons. The molecule has 1 aromatic carbocycles. The number of benzene rings is 1. The Kier molecular flexibility index (Phi) is 7.08. The topological polar surface area (TPSA) is 81.7 Å². The first-order chi connectivity index (χ1) is 10.4. The maximum Gasteiger partial charge on any atom is 0.307 e. The molecule has 6 nitrogen and oxygen atoms in total. The van der Waals surface area contributed by atoms with Crippen molar-refractivity contribution in [3.05, 3.63) is 29.8 Å². The fourth-order valence-electron chi connectivity index (χ4n) is 1.66. The summed E-state index contributed by atoms with van der Waals surface area (Å²) in [6, 6.07) is 7.27. The van der Waals surface area contributed by atoms with E-state index in [9.17, 15) is 14.4 Å². The lowest BCUT2D eigenvalue weighted by molar-refractivity contribution is -0.155. The number of rotatable bonds is 8. The number of Topliss-reactive ketones (excluding diaryl/α,β-unsaturated/α-hetero) is 1. The molecule has 0 fully saturated rings. The Bertz CT molecular complexity index is 524. The highest BCUT2D eigenvalue weighted by Crippen LogP contribution is 2.11. The van der Waals surface area contributed by atoms with Crippen molar-refractivity contribution in [2.75, 3.05) is 7.11 Å². The molecule has 0 radical (unpaired) electrons. The molecule has 0 unspecified atom stereocenters. The zero-order valence-corrected chi connectivity index (χ0v) is 13.0. The summed E-state index contributed by atoms with van der Waals surface area (Å²) in [6.45, 7) is 3.23. The smallest absolute Gasteiger partial charge is 0.307 e. The molecule has 0 aliphatic heterocycles. The van der Waals surface area contributed by atoms with Crippen molar-refractivity contribution in [2.45, 2.75) is 39.3 Å². The number of methoxy groups -OCH3 is 1. The van der Waals surface area contributed by atoms with Gasteiger partial charge in [0.15, 0.2) is 6.10 Å². The first-order valence-corrected chi connectivity index (χ1v) is 7.02. The lowest BCUT2D eigenvalue weighted by Crippen LogP contribution is -2.35. The quantitative estimate of drug-likeness (QED) is 0.738. The Labute approximate surface area is 129 Å². The normalized spacial score (nSPS) is 11.4. The van der Waals surface area contributed by atoms with Crippen molar-refractivity contribution >= 4 is 17.7 Å². The van der Waals surface area contributed by atoms with E-state index in [0.717, 1.165) is 11.3 Å². The van der Waals surface area contributed by atoms with Gasteiger partial charge in [0.2, 0.25) is 0 Å². The molecule has 0 spiro atoms. The number of carbonyl (C=O) groups is 3. The Morgan fingerprint density at radius 1 is 1.14 bits per heavy atom. The van der Waals surface area contributed by atoms with Crippen LogP contribution in [0.1, 0.15) is 32.3 Å². The molecular formula is C16H21NO5. The number of amides is 1. The standard InChI is InChI=1S/C16H21NO5/c1-11(18)4-9-15(19)22-12(2)16(20)17-10-13-5-7-14(21-3)8-6-13/h5-8,12H,4,9-10H2,1-3H3,(H,17,20)/t12-/m0/s1. The molecule has 0 aliphatic carbocycles. The number of hydrogen-bond acceptors (Lipinski definition) is 5. The van der Waals surface area contributed by atoms with Gasteiger partial charge >= 0.3 is 5.97 Å². The number of ether oxygens (including phenoxy) is 2. The summed E-state index contributed by atoms with van der Waals surface area (Å²) in [5.74, 6) is -0.286. The molecule has 0 saturated carbocycles. The van der Waals surface area contributed by atoms with Crippen molar-refractivity contribution in [1.82, 2.24) is 5.32 Å². The van der Waals surface area contributed by atoms with Gasteiger partial charge in [-0.3, -0.25) is 9.59 Å². The fraction of sp³-hybridized carbons (Fsp3) is 0.438. The van der Waals surface area contributed by atoms with Crippen molar-refractivity contribution in [3.63, 3.8) is 0 Å². The van der Waals surface area contributed by atoms with Crippen LogP contribution in [0.4, 0.5) is 0 Å². The number of carbonyl (C=O) groups excluding carboxylic acids is 3. The average molecular weight is 307 g/mol. The van der Waals surface area contributed by atoms with E-state index in [2.05, 4.69) is 5.32 Å². The largest absolute Gasteiger partial charge is 0.497 e. The summed E-state index contributed by atoms with van der Waals surface area (Å²) in [7, 11) is 1.58. The van der Waals surface area contributed by atoms with Gasteiger partial charge in [0.25, 0.3) is 5.91 Å². The SMILES string of the molecule is COc1ccc(CNC(=O)[C@H](C)OC(=O)CCC(C)=O)cc1. The Hall–Kier alpha value is -2.37. The molecule has 1 rings (SSSR count). The third-order valence-electron chi connectivity index (χ3n) is 2.98. The molecule has 0 bridgehead atoms. The molecule has 1 amide bonds. The molecule has 0 saturated heterocycles. The van der Waals surface area contributed by atoms with E-state index < -0.39 is 12.1 Å². The molecule has 1 aromatic rings. The van der Waals surface area contributed by atoms with Crippen molar-refractivity contribution in [2.24, 2.45) is 0 Å². The van der Waals surface area contributed by atoms with Gasteiger partial charge in [-0.2, -0.15) is 0 Å². The second-order valence-electron chi connectivity index (χ2n) is 4.90. The van der Waals surface area contributed by atoms with Crippen LogP contribution in [0.3, 0.4) is 0 Å². The van der Waals surface area contributed by atoms with Gasteiger partial charge in [-0.15, -0.1) is 0 Å². The van der Waals surface area contributed by atoms with Crippen LogP contribution in [0, 0.1) is 0 Å². The van der Waals surface area contributed by atoms with Crippen LogP contribution in [-0.2, 0) is 25.7 Å². The van der Waals surface area contributed by atoms with Crippen molar-refractivity contribution in [1.29, 1.82) is 0 Å². The summed E-state index contributed by atoms with van der Waals surface area (Å²) in [6.07, 6.45) is -0.775. The molecule has 22 heavy (non-hydrogen) atoms. The Balaban J connectivity index is 2.36. The maximum atomic E-state index is 11.8. The van der Waals surface area contributed by atoms with Gasteiger partial charge in [-0.1, -0.05) is 12.1 Å². The minimum atomic E-state index is -0.891. The number of ketones is 1. The Morgan fingerprint density at radius 2 is 1.77 bits per heavy atom. The third-order valence-corrected chi connectivity index (χ3v) is 2.98. The first kappa shape index (κ1) is 17.7. The first-order valence-electron chi connectivity index (χ1n) is 7.02. The second kappa shape index (κ2) is 8.81. The number of esters is 1. The van der Waals surface area contributed by atoms with Crippen LogP contribution in [-0.4, -0.2) is 30.9 Å². The molecule has 0 aliphatic rings. The minimum Gasteiger partial charge on any atom is -0.497 e. The highest BCUT2D eigenvalue weighted by atomic mass is 16.5. The highest BCUT2D eigenvalue weighted by molar-refractivity contribution is 5.85. The van der Waals surface area contributed by atoms with E-state index in [4.69, 9.17) is 9.47 Å². The maximum absolute atomic E-state index is 11.8. The van der Waals surface area contributed by atoms with Crippen molar-refractivity contribution in [3.8, 4) is 5.75 Å². The second-order valence-corrected chi connectivity index (χ2v) is 4.90. The zero-order chi connectivity index (χ0) is 16.5. The summed E-state index contributed by atoms with van der Waals surface area (Å²) < 4.78 is 10.0. The van der Waals surface area contributed by atoms with Crippen LogP contribution in [0.25, 0.3) is 0 Å². The van der Waals surface area contributed by atoms with E-state index in [0.29, 0.717) is 6.54 Å². The monoisotopic (exact) mass is 307 g/mol. The summed E-state index contributed by atoms with van der Waals surface area (Å²) in [5, 5.41) is 2.68. The lowest BCUT2D eigenvalue weighted by atomic mass is 10.2. The van der Waals surface area contributed by atoms with E-state index in [-0.39, 0.29) is 24.5 Å². The Morgan fingerprint density at radius 3 is 2.32 bits per heavy atom. The lowest BCUT2D eigenvalue weighted by Gasteiger charge is -2.13. The average Bonchev–Trinajstić information content (AvgIpc) is 2.51. The van der Waals surface area contributed by atoms with Crippen LogP contribution in [0.15, 0.2) is 24.3 Å². The van der Waals surface area contributed by atoms with Gasteiger partial charge in [-0.25, -0.2) is 0 Å². The van der Waals surface area contributed by atoms with Gasteiger partial charge < -0.3 is 19.6 Å². The van der Waals surface area contributed by atoms with E-state index >= 15 is 0 Å².